The predicted octanol–water partition coefficient (Wildman–Crippen LogP) is 3.52. The summed E-state index contributed by atoms with van der Waals surface area (Å²) in [5.41, 5.74) is 4.42. The second-order valence-corrected chi connectivity index (χ2v) is 4.76. The van der Waals surface area contributed by atoms with Crippen molar-refractivity contribution in [3.8, 4) is 17.4 Å². The zero-order valence-corrected chi connectivity index (χ0v) is 12.2. The van der Waals surface area contributed by atoms with Crippen LogP contribution in [0.25, 0.3) is 11.4 Å². The van der Waals surface area contributed by atoms with E-state index in [9.17, 15) is 0 Å². The van der Waals surface area contributed by atoms with Crippen LogP contribution in [0.2, 0.25) is 5.28 Å². The molecule has 0 unspecified atom stereocenters. The Labute approximate surface area is 117 Å². The van der Waals surface area contributed by atoms with Crippen molar-refractivity contribution >= 4 is 11.6 Å². The molecule has 1 aromatic carbocycles. The van der Waals surface area contributed by atoms with Crippen LogP contribution in [0.3, 0.4) is 0 Å². The van der Waals surface area contributed by atoms with Gasteiger partial charge in [0.2, 0.25) is 5.28 Å². The minimum Gasteiger partial charge on any atom is -0.464 e. The Kier molecular flexibility index (Phi) is 4.00. The van der Waals surface area contributed by atoms with Gasteiger partial charge in [-0.3, -0.25) is 0 Å². The first-order valence-electron chi connectivity index (χ1n) is 6.14. The molecule has 0 aliphatic heterocycles. The first-order chi connectivity index (χ1) is 9.01. The topological polar surface area (TPSA) is 47.9 Å². The van der Waals surface area contributed by atoms with Gasteiger partial charge in [-0.25, -0.2) is 0 Å². The summed E-state index contributed by atoms with van der Waals surface area (Å²) in [6.07, 6.45) is 0. The van der Waals surface area contributed by atoms with Crippen LogP contribution in [-0.4, -0.2) is 21.6 Å². The molecule has 0 aliphatic rings. The standard InChI is InChI=1S/C14H16ClN3O/c1-5-19-14-17-12(16-13(15)18-14)11-9(3)6-8(2)7-10(11)4/h6-7H,5H2,1-4H3. The van der Waals surface area contributed by atoms with Crippen molar-refractivity contribution in [3.05, 3.63) is 34.1 Å². The molecule has 0 radical (unpaired) electrons. The molecule has 0 amide bonds. The summed E-state index contributed by atoms with van der Waals surface area (Å²) in [5, 5.41) is 0.146. The molecule has 0 aliphatic carbocycles. The maximum Gasteiger partial charge on any atom is 0.321 e. The van der Waals surface area contributed by atoms with Crippen LogP contribution >= 0.6 is 11.6 Å². The van der Waals surface area contributed by atoms with Crippen LogP contribution in [-0.2, 0) is 0 Å². The normalized spacial score (nSPS) is 10.6. The molecule has 1 heterocycles. The molecule has 4 nitrogen and oxygen atoms in total. The van der Waals surface area contributed by atoms with Crippen LogP contribution in [0, 0.1) is 20.8 Å². The molecule has 0 saturated heterocycles. The van der Waals surface area contributed by atoms with Crippen molar-refractivity contribution < 1.29 is 4.74 Å². The van der Waals surface area contributed by atoms with E-state index in [1.165, 1.54) is 5.56 Å². The lowest BCUT2D eigenvalue weighted by Crippen LogP contribution is -2.03. The highest BCUT2D eigenvalue weighted by Gasteiger charge is 2.13. The predicted molar refractivity (Wildman–Crippen MR) is 75.7 cm³/mol. The first-order valence-corrected chi connectivity index (χ1v) is 6.51. The summed E-state index contributed by atoms with van der Waals surface area (Å²) in [6, 6.07) is 4.46. The van der Waals surface area contributed by atoms with Crippen LogP contribution in [0.15, 0.2) is 12.1 Å². The number of halogens is 1. The van der Waals surface area contributed by atoms with E-state index in [4.69, 9.17) is 16.3 Å². The fourth-order valence-corrected chi connectivity index (χ4v) is 2.32. The Morgan fingerprint density at radius 2 is 1.68 bits per heavy atom. The number of rotatable bonds is 3. The van der Waals surface area contributed by atoms with E-state index in [2.05, 4.69) is 34.0 Å². The van der Waals surface area contributed by atoms with Gasteiger partial charge in [0, 0.05) is 5.56 Å². The number of benzene rings is 1. The molecule has 0 bridgehead atoms. The summed E-state index contributed by atoms with van der Waals surface area (Å²) in [6.45, 7) is 8.50. The molecule has 5 heteroatoms. The van der Waals surface area contributed by atoms with Gasteiger partial charge in [-0.05, 0) is 50.4 Å². The molecule has 1 aromatic heterocycles. The summed E-state index contributed by atoms with van der Waals surface area (Å²) in [5.74, 6) is 0.554. The number of hydrogen-bond donors (Lipinski definition) is 0. The fraction of sp³-hybridized carbons (Fsp3) is 0.357. The number of nitrogens with zero attached hydrogens (tertiary/aromatic N) is 3. The van der Waals surface area contributed by atoms with Crippen LogP contribution < -0.4 is 4.74 Å². The first kappa shape index (κ1) is 13.7. The average molecular weight is 278 g/mol. The quantitative estimate of drug-likeness (QED) is 0.861. The number of aromatic nitrogens is 3. The zero-order chi connectivity index (χ0) is 14.0. The molecule has 0 N–H and O–H groups in total. The van der Waals surface area contributed by atoms with E-state index in [0.717, 1.165) is 16.7 Å². The van der Waals surface area contributed by atoms with E-state index in [1.807, 2.05) is 20.8 Å². The van der Waals surface area contributed by atoms with Crippen molar-refractivity contribution in [3.63, 3.8) is 0 Å². The highest BCUT2D eigenvalue weighted by Crippen LogP contribution is 2.27. The van der Waals surface area contributed by atoms with Gasteiger partial charge in [-0.2, -0.15) is 15.0 Å². The van der Waals surface area contributed by atoms with Gasteiger partial charge in [-0.15, -0.1) is 0 Å². The molecule has 19 heavy (non-hydrogen) atoms. The third kappa shape index (κ3) is 3.01. The summed E-state index contributed by atoms with van der Waals surface area (Å²) < 4.78 is 5.31. The van der Waals surface area contributed by atoms with E-state index in [-0.39, 0.29) is 11.3 Å². The van der Waals surface area contributed by atoms with Crippen molar-refractivity contribution in [2.75, 3.05) is 6.61 Å². The third-order valence-corrected chi connectivity index (χ3v) is 2.93. The smallest absolute Gasteiger partial charge is 0.321 e. The highest BCUT2D eigenvalue weighted by atomic mass is 35.5. The minimum atomic E-state index is 0.146. The second kappa shape index (κ2) is 5.53. The Morgan fingerprint density at radius 3 is 2.26 bits per heavy atom. The van der Waals surface area contributed by atoms with Crippen LogP contribution in [0.1, 0.15) is 23.6 Å². The molecule has 0 spiro atoms. The summed E-state index contributed by atoms with van der Waals surface area (Å²) in [7, 11) is 0. The number of ether oxygens (including phenoxy) is 1. The van der Waals surface area contributed by atoms with Gasteiger partial charge in [0.15, 0.2) is 5.82 Å². The maximum absolute atomic E-state index is 5.93. The van der Waals surface area contributed by atoms with Crippen LogP contribution in [0.4, 0.5) is 0 Å². The molecule has 2 rings (SSSR count). The molecule has 0 atom stereocenters. The third-order valence-electron chi connectivity index (χ3n) is 2.76. The lowest BCUT2D eigenvalue weighted by Gasteiger charge is -2.11. The van der Waals surface area contributed by atoms with Crippen molar-refractivity contribution in [1.82, 2.24) is 15.0 Å². The fourth-order valence-electron chi connectivity index (χ4n) is 2.17. The number of hydrogen-bond acceptors (Lipinski definition) is 4. The molecular weight excluding hydrogens is 262 g/mol. The monoisotopic (exact) mass is 277 g/mol. The highest BCUT2D eigenvalue weighted by molar-refractivity contribution is 6.28. The lowest BCUT2D eigenvalue weighted by atomic mass is 9.99. The van der Waals surface area contributed by atoms with Gasteiger partial charge in [0.25, 0.3) is 0 Å². The Bertz CT molecular complexity index is 591. The molecule has 2 aromatic rings. The van der Waals surface area contributed by atoms with Crippen molar-refractivity contribution in [2.24, 2.45) is 0 Å². The van der Waals surface area contributed by atoms with Gasteiger partial charge in [0.05, 0.1) is 6.61 Å². The maximum atomic E-state index is 5.93. The molecule has 0 fully saturated rings. The average Bonchev–Trinajstić information content (AvgIpc) is 2.26. The Morgan fingerprint density at radius 1 is 1.05 bits per heavy atom. The van der Waals surface area contributed by atoms with Crippen molar-refractivity contribution in [1.29, 1.82) is 0 Å². The lowest BCUT2D eigenvalue weighted by molar-refractivity contribution is 0.312. The Balaban J connectivity index is 2.58. The van der Waals surface area contributed by atoms with E-state index in [1.54, 1.807) is 0 Å². The van der Waals surface area contributed by atoms with Gasteiger partial charge < -0.3 is 4.74 Å². The Hall–Kier alpha value is -1.68. The molecular formula is C14H16ClN3O. The van der Waals surface area contributed by atoms with Crippen molar-refractivity contribution in [2.45, 2.75) is 27.7 Å². The minimum absolute atomic E-state index is 0.146. The zero-order valence-electron chi connectivity index (χ0n) is 11.5. The van der Waals surface area contributed by atoms with Gasteiger partial charge in [-0.1, -0.05) is 17.7 Å². The molecule has 100 valence electrons. The molecule has 0 saturated carbocycles. The summed E-state index contributed by atoms with van der Waals surface area (Å²) >= 11 is 5.93. The van der Waals surface area contributed by atoms with E-state index < -0.39 is 0 Å². The second-order valence-electron chi connectivity index (χ2n) is 4.42. The summed E-state index contributed by atoms with van der Waals surface area (Å²) in [4.78, 5) is 12.5. The van der Waals surface area contributed by atoms with Crippen LogP contribution in [0.5, 0.6) is 6.01 Å². The van der Waals surface area contributed by atoms with Gasteiger partial charge >= 0.3 is 6.01 Å². The van der Waals surface area contributed by atoms with Gasteiger partial charge in [0.1, 0.15) is 0 Å². The van der Waals surface area contributed by atoms with E-state index in [0.29, 0.717) is 12.4 Å². The SMILES string of the molecule is CCOc1nc(Cl)nc(-c2c(C)cc(C)cc2C)n1. The van der Waals surface area contributed by atoms with E-state index >= 15 is 0 Å². The largest absolute Gasteiger partial charge is 0.464 e. The number of aryl methyl sites for hydroxylation is 3.